The fourth-order valence-corrected chi connectivity index (χ4v) is 8.69. The fourth-order valence-electron chi connectivity index (χ4n) is 7.66. The fraction of sp³-hybridized carbons (Fsp3) is 0.173. The highest BCUT2D eigenvalue weighted by molar-refractivity contribution is 8.18. The van der Waals surface area contributed by atoms with E-state index in [-0.39, 0.29) is 71.1 Å². The molecule has 5 aromatic carbocycles. The Morgan fingerprint density at radius 2 is 1.39 bits per heavy atom. The molecule has 0 bridgehead atoms. The number of amides is 5. The van der Waals surface area contributed by atoms with Gasteiger partial charge in [0.15, 0.2) is 11.5 Å². The van der Waals surface area contributed by atoms with Gasteiger partial charge in [-0.2, -0.15) is 0 Å². The molecule has 0 atom stereocenters. The van der Waals surface area contributed by atoms with Gasteiger partial charge in [-0.15, -0.1) is 5.10 Å². The highest BCUT2D eigenvalue weighted by Crippen LogP contribution is 2.41. The number of para-hydroxylation sites is 1. The molecule has 74 heavy (non-hydrogen) atoms. The number of thioether (sulfide) groups is 1. The number of aromatic nitrogens is 3. The van der Waals surface area contributed by atoms with E-state index in [0.29, 0.717) is 46.3 Å². The first-order chi connectivity index (χ1) is 36.0. The van der Waals surface area contributed by atoms with Crippen LogP contribution in [0.1, 0.15) is 39.7 Å². The zero-order valence-electron chi connectivity index (χ0n) is 39.7. The quantitative estimate of drug-likeness (QED) is 0.0410. The molecule has 0 unspecified atom stereocenters. The van der Waals surface area contributed by atoms with E-state index in [1.165, 1.54) is 28.9 Å². The predicted molar refractivity (Wildman–Crippen MR) is 284 cm³/mol. The van der Waals surface area contributed by atoms with Crippen molar-refractivity contribution in [3.8, 4) is 11.5 Å². The van der Waals surface area contributed by atoms with Crippen molar-refractivity contribution in [1.29, 1.82) is 0 Å². The molecule has 4 heterocycles. The highest BCUT2D eigenvalue weighted by atomic mass is 32.2. The van der Waals surface area contributed by atoms with E-state index in [1.54, 1.807) is 67.7 Å². The molecule has 0 aliphatic carbocycles. The number of amidine groups is 2. The first-order valence-electron chi connectivity index (χ1n) is 23.4. The van der Waals surface area contributed by atoms with Crippen molar-refractivity contribution in [3.63, 3.8) is 0 Å². The topological polar surface area (TPSA) is 279 Å². The Bertz CT molecular complexity index is 3140. The number of phenolic OH excluding ortho intramolecular Hbond substituents is 1. The van der Waals surface area contributed by atoms with Gasteiger partial charge in [0.1, 0.15) is 40.3 Å². The number of ether oxygens (including phenoxy) is 2. The van der Waals surface area contributed by atoms with E-state index in [1.807, 2.05) is 42.5 Å². The lowest BCUT2D eigenvalue weighted by Gasteiger charge is -2.14. The smallest absolute Gasteiger partial charge is 0.344 e. The molecule has 21 nitrogen and oxygen atoms in total. The van der Waals surface area contributed by atoms with Gasteiger partial charge in [0.05, 0.1) is 49.6 Å². The van der Waals surface area contributed by atoms with E-state index in [0.717, 1.165) is 47.6 Å². The van der Waals surface area contributed by atoms with E-state index >= 15 is 0 Å². The van der Waals surface area contributed by atoms with Gasteiger partial charge < -0.3 is 56.9 Å². The number of anilines is 4. The molecule has 9 rings (SSSR count). The summed E-state index contributed by atoms with van der Waals surface area (Å²) >= 11 is 1.10. The molecule has 1 aromatic heterocycles. The van der Waals surface area contributed by atoms with Gasteiger partial charge in [0.2, 0.25) is 0 Å². The van der Waals surface area contributed by atoms with E-state index < -0.39 is 23.9 Å². The Balaban J connectivity index is 0.810. The summed E-state index contributed by atoms with van der Waals surface area (Å²) in [6, 6.07) is 31.5. The number of hydrogen-bond acceptors (Lipinski definition) is 16. The average molecular weight is 1020 g/mol. The Hall–Kier alpha value is -9.44. The number of urea groups is 2. The summed E-state index contributed by atoms with van der Waals surface area (Å²) in [6.45, 7) is 5.05. The molecule has 0 spiro atoms. The molecular weight excluding hydrogens is 967 g/mol. The molecule has 22 heteroatoms. The SMILES string of the molecule is CCOC(=O)C1=C(O)/C(=C/c2ccc(OCCn3cc(CNC(=O)c4cc(NC(=O)Nc5ccc(C6=NCCN6)cc5)cc(NC(=O)Nc5ccc(C6=NCCN6)cc5)c4)nn3)c(O)c2)SC1=Nc1ccccc1. The van der Waals surface area contributed by atoms with Crippen molar-refractivity contribution < 1.29 is 38.9 Å². The van der Waals surface area contributed by atoms with Crippen LogP contribution in [0.2, 0.25) is 0 Å². The third-order valence-electron chi connectivity index (χ3n) is 11.1. The van der Waals surface area contributed by atoms with Crippen molar-refractivity contribution >= 4 is 86.9 Å². The summed E-state index contributed by atoms with van der Waals surface area (Å²) in [7, 11) is 0. The van der Waals surface area contributed by atoms with Crippen LogP contribution in [-0.2, 0) is 22.6 Å². The Morgan fingerprint density at radius 3 is 1.97 bits per heavy atom. The second-order valence-corrected chi connectivity index (χ2v) is 17.5. The number of aliphatic hydroxyl groups excluding tert-OH is 1. The maximum absolute atomic E-state index is 13.7. The van der Waals surface area contributed by atoms with E-state index in [9.17, 15) is 29.4 Å². The van der Waals surface area contributed by atoms with Crippen LogP contribution in [-0.4, -0.2) is 105 Å². The standard InChI is InChI=1S/C52H49N13O8S/c1-2-72-50(69)44-45(67)43(74-49(44)58-35-6-4-3-5-7-35)25-31-8-17-42(41(66)24-31)73-23-22-65-30-40(63-64-65)29-57-48(68)34-26-38(61-51(70)59-36-13-9-32(10-14-36)46-53-18-19-54-46)28-39(27-34)62-52(71)60-37-15-11-33(12-16-37)47-55-20-21-56-47/h3-17,24-28,30,66-67H,2,18-23,29H2,1H3,(H,53,54)(H,55,56)(H,57,68)(H2,59,61,70)(H2,60,62,71)/b43-25-,58-49?. The summed E-state index contributed by atoms with van der Waals surface area (Å²) in [6.07, 6.45) is 3.25. The molecule has 0 fully saturated rings. The van der Waals surface area contributed by atoms with Crippen LogP contribution in [0.4, 0.5) is 38.0 Å². The maximum Gasteiger partial charge on any atom is 0.344 e. The largest absolute Gasteiger partial charge is 0.506 e. The van der Waals surface area contributed by atoms with Crippen LogP contribution < -0.4 is 42.0 Å². The van der Waals surface area contributed by atoms with Crippen LogP contribution in [0, 0.1) is 0 Å². The van der Waals surface area contributed by atoms with Crippen LogP contribution in [0.3, 0.4) is 0 Å². The van der Waals surface area contributed by atoms with E-state index in [4.69, 9.17) is 9.47 Å². The van der Waals surface area contributed by atoms with Crippen LogP contribution >= 0.6 is 11.8 Å². The van der Waals surface area contributed by atoms with Gasteiger partial charge in [-0.05, 0) is 110 Å². The predicted octanol–water partition coefficient (Wildman–Crippen LogP) is 7.17. The van der Waals surface area contributed by atoms with Gasteiger partial charge in [-0.25, -0.2) is 24.1 Å². The molecule has 9 N–H and O–H groups in total. The number of phenols is 1. The van der Waals surface area contributed by atoms with Gasteiger partial charge in [0, 0.05) is 52.5 Å². The molecule has 0 radical (unpaired) electrons. The van der Waals surface area contributed by atoms with Crippen LogP contribution in [0.5, 0.6) is 11.5 Å². The second kappa shape index (κ2) is 23.2. The number of esters is 1. The summed E-state index contributed by atoms with van der Waals surface area (Å²) in [4.78, 5) is 66.7. The zero-order chi connectivity index (χ0) is 51.4. The molecule has 0 saturated carbocycles. The lowest BCUT2D eigenvalue weighted by molar-refractivity contribution is -0.138. The van der Waals surface area contributed by atoms with Crippen molar-refractivity contribution in [2.24, 2.45) is 15.0 Å². The lowest BCUT2D eigenvalue weighted by Crippen LogP contribution is -2.25. The van der Waals surface area contributed by atoms with Crippen LogP contribution in [0.25, 0.3) is 6.08 Å². The minimum atomic E-state index is -0.699. The lowest BCUT2D eigenvalue weighted by atomic mass is 10.1. The molecule has 3 aliphatic rings. The molecular formula is C52H49N13O8S. The highest BCUT2D eigenvalue weighted by Gasteiger charge is 2.33. The minimum absolute atomic E-state index is 0.0153. The number of aliphatic imine (C=N–C) groups is 3. The van der Waals surface area contributed by atoms with Crippen LogP contribution in [0.15, 0.2) is 153 Å². The summed E-state index contributed by atoms with van der Waals surface area (Å²) in [5.41, 5.74) is 4.92. The first-order valence-corrected chi connectivity index (χ1v) is 24.2. The third-order valence-corrected chi connectivity index (χ3v) is 12.1. The Morgan fingerprint density at radius 1 is 0.770 bits per heavy atom. The molecule has 6 aromatic rings. The molecule has 3 aliphatic heterocycles. The molecule has 376 valence electrons. The van der Waals surface area contributed by atoms with Gasteiger partial charge >= 0.3 is 18.0 Å². The zero-order valence-corrected chi connectivity index (χ0v) is 40.5. The number of aromatic hydroxyl groups is 1. The second-order valence-electron chi connectivity index (χ2n) is 16.5. The number of nitrogens with zero attached hydrogens (tertiary/aromatic N) is 6. The number of carbonyl (C=O) groups excluding carboxylic acids is 4. The van der Waals surface area contributed by atoms with Gasteiger partial charge in [-0.1, -0.05) is 41.2 Å². The maximum atomic E-state index is 13.7. The van der Waals surface area contributed by atoms with Crippen molar-refractivity contribution in [3.05, 3.63) is 166 Å². The van der Waals surface area contributed by atoms with Crippen molar-refractivity contribution in [1.82, 2.24) is 30.9 Å². The average Bonchev–Trinajstić information content (AvgIpc) is 4.25. The first kappa shape index (κ1) is 49.5. The number of hydrogen-bond donors (Lipinski definition) is 9. The molecule has 0 saturated heterocycles. The van der Waals surface area contributed by atoms with Crippen molar-refractivity contribution in [2.45, 2.75) is 20.0 Å². The summed E-state index contributed by atoms with van der Waals surface area (Å²) in [5.74, 6) is 0.115. The number of carbonyl (C=O) groups is 4. The summed E-state index contributed by atoms with van der Waals surface area (Å²) < 4.78 is 12.6. The molecule has 5 amide bonds. The van der Waals surface area contributed by atoms with Gasteiger partial charge in [0.25, 0.3) is 5.91 Å². The number of nitrogens with one attached hydrogen (secondary N) is 7. The number of benzene rings is 5. The van der Waals surface area contributed by atoms with Gasteiger partial charge in [-0.3, -0.25) is 14.8 Å². The van der Waals surface area contributed by atoms with E-state index in [2.05, 4.69) is 62.5 Å². The Labute approximate surface area is 428 Å². The summed E-state index contributed by atoms with van der Waals surface area (Å²) in [5, 5.41) is 50.9. The normalized spacial score (nSPS) is 14.9. The monoisotopic (exact) mass is 1020 g/mol. The third kappa shape index (κ3) is 12.7. The number of aliphatic hydroxyl groups is 1. The minimum Gasteiger partial charge on any atom is -0.506 e. The van der Waals surface area contributed by atoms with Crippen molar-refractivity contribution in [2.75, 3.05) is 60.7 Å². The number of rotatable bonds is 17. The Kier molecular flexibility index (Phi) is 15.5.